The van der Waals surface area contributed by atoms with Gasteiger partial charge in [-0.1, -0.05) is 24.3 Å². The molecule has 8 nitrogen and oxygen atoms in total. The fourth-order valence-electron chi connectivity index (χ4n) is 8.70. The molecule has 2 aliphatic rings. The van der Waals surface area contributed by atoms with Gasteiger partial charge in [0.05, 0.1) is 123 Å². The first-order chi connectivity index (χ1) is 33.0. The van der Waals surface area contributed by atoms with Crippen LogP contribution in [0, 0.1) is 0 Å². The lowest BCUT2D eigenvalue weighted by Crippen LogP contribution is -2.34. The van der Waals surface area contributed by atoms with E-state index >= 15 is 0 Å². The number of nitrogens with one attached hydrogen (secondary N) is 2. The Kier molecular flexibility index (Phi) is 14.5. The zero-order valence-corrected chi connectivity index (χ0v) is 52.6. The van der Waals surface area contributed by atoms with Crippen molar-refractivity contribution in [3.05, 3.63) is 138 Å². The minimum atomic E-state index is 0.670. The number of rotatable bonds is 8. The molecule has 2 N–H and O–H groups in total. The van der Waals surface area contributed by atoms with E-state index in [1.165, 1.54) is 11.4 Å². The van der Waals surface area contributed by atoms with Gasteiger partial charge in [0.1, 0.15) is 11.4 Å². The molecule has 358 valence electrons. The van der Waals surface area contributed by atoms with Crippen LogP contribution in [0.5, 0.6) is 0 Å². The highest BCUT2D eigenvalue weighted by molar-refractivity contribution is 9.18. The number of anilines is 2. The van der Waals surface area contributed by atoms with Crippen LogP contribution in [0.3, 0.4) is 0 Å². The number of benzene rings is 4. The Hall–Kier alpha value is -3.16. The number of aromatic amines is 2. The molecule has 0 radical (unpaired) electrons. The summed E-state index contributed by atoms with van der Waals surface area (Å²) >= 11 is 33.0. The molecule has 5 heterocycles. The van der Waals surface area contributed by atoms with Crippen LogP contribution >= 0.6 is 127 Å². The molecule has 0 aliphatic carbocycles. The first-order valence-electron chi connectivity index (χ1n) is 22.1. The highest BCUT2D eigenvalue weighted by atomic mass is 79.9. The van der Waals surface area contributed by atoms with E-state index in [0.717, 1.165) is 137 Å². The van der Waals surface area contributed by atoms with Crippen LogP contribution in [0.2, 0.25) is 0 Å². The molecule has 0 unspecified atom stereocenters. The van der Waals surface area contributed by atoms with Gasteiger partial charge in [-0.3, -0.25) is 8.97 Å². The second-order valence-corrected chi connectivity index (χ2v) is 25.7. The summed E-state index contributed by atoms with van der Waals surface area (Å²) in [5.41, 5.74) is 18.3. The smallest absolute Gasteiger partial charge is 0.132 e. The Morgan fingerprint density at radius 1 is 0.343 bits per heavy atom. The highest BCUT2D eigenvalue weighted by Gasteiger charge is 2.31. The number of H-pyrrole nitrogens is 2. The van der Waals surface area contributed by atoms with Gasteiger partial charge in [0, 0.05) is 61.8 Å². The highest BCUT2D eigenvalue weighted by Crippen LogP contribution is 2.53. The lowest BCUT2D eigenvalue weighted by Gasteiger charge is -2.23. The largest absolute Gasteiger partial charge is 0.378 e. The quantitative estimate of drug-likeness (QED) is 0.149. The van der Waals surface area contributed by atoms with E-state index in [9.17, 15) is 0 Å². The second-order valence-electron chi connectivity index (χ2n) is 19.4. The molecule has 7 aromatic rings. The minimum absolute atomic E-state index is 0.670. The predicted molar refractivity (Wildman–Crippen MR) is 331 cm³/mol. The number of quaternary nitrogens is 2. The molecule has 16 heteroatoms. The molecule has 3 aromatic heterocycles. The molecule has 0 fully saturated rings. The van der Waals surface area contributed by atoms with Crippen molar-refractivity contribution < 1.29 is 0 Å². The summed E-state index contributed by atoms with van der Waals surface area (Å²) in [5, 5.41) is 0. The molecule has 0 spiro atoms. The van der Waals surface area contributed by atoms with E-state index in [1.807, 2.05) is 0 Å². The number of hydrogen-bond acceptors (Lipinski definition) is 4. The summed E-state index contributed by atoms with van der Waals surface area (Å²) in [6, 6.07) is 34.7. The third kappa shape index (κ3) is 9.27. The van der Waals surface area contributed by atoms with Crippen molar-refractivity contribution in [2.45, 2.75) is 0 Å². The van der Waals surface area contributed by atoms with Gasteiger partial charge < -0.3 is 19.8 Å². The normalized spacial score (nSPS) is 13.2. The minimum Gasteiger partial charge on any atom is -0.378 e. The van der Waals surface area contributed by atoms with E-state index in [0.29, 0.717) is 8.97 Å². The Bertz CT molecular complexity index is 3270. The van der Waals surface area contributed by atoms with Gasteiger partial charge in [-0.05, 0) is 222 Å². The van der Waals surface area contributed by atoms with Crippen LogP contribution in [-0.4, -0.2) is 90.4 Å². The zero-order valence-electron chi connectivity index (χ0n) is 39.9. The Morgan fingerprint density at radius 3 is 0.757 bits per heavy atom. The second kappa shape index (κ2) is 19.6. The van der Waals surface area contributed by atoms with Crippen molar-refractivity contribution in [3.8, 4) is 44.5 Å². The Balaban J connectivity index is 1.57. The van der Waals surface area contributed by atoms with Gasteiger partial charge in [0.15, 0.2) is 0 Å². The van der Waals surface area contributed by atoms with Gasteiger partial charge in [-0.15, -0.1) is 0 Å². The first kappa shape index (κ1) is 51.7. The van der Waals surface area contributed by atoms with Gasteiger partial charge in [0.25, 0.3) is 0 Å². The van der Waals surface area contributed by atoms with Crippen molar-refractivity contribution in [2.24, 2.45) is 0 Å². The van der Waals surface area contributed by atoms with Gasteiger partial charge in [-0.25, -0.2) is 9.97 Å². The molecule has 0 saturated carbocycles. The molecule has 9 rings (SSSR count). The van der Waals surface area contributed by atoms with E-state index in [1.54, 1.807) is 0 Å². The standard InChI is InChI=1S/C54H48Br8N8/c1-67(2)31-19-11-27(12-20-31)35-47-39(55)40(56)48(63-47)36(28-13-21-32(22-14-28)68(3)4)50-42(58)44(60)52(65-50)38(30-17-25-34(26-18-30)70(8,9)10)54-46(62)45(61)53(66-54)37(51-43(59)41(57)49(35)64-51)29-15-23-33(24-16-29)69(5,6)7/h11-26,64-65H,1-10H3/q+2. The summed E-state index contributed by atoms with van der Waals surface area (Å²) in [6.45, 7) is 0. The van der Waals surface area contributed by atoms with Gasteiger partial charge in [-0.2, -0.15) is 0 Å². The fourth-order valence-corrected chi connectivity index (χ4v) is 12.6. The lowest BCUT2D eigenvalue weighted by molar-refractivity contribution is 0.486. The number of aromatic nitrogens is 4. The Morgan fingerprint density at radius 2 is 0.557 bits per heavy atom. The maximum Gasteiger partial charge on any atom is 0.132 e. The molecule has 0 saturated heterocycles. The summed E-state index contributed by atoms with van der Waals surface area (Å²) in [4.78, 5) is 23.6. The third-order valence-electron chi connectivity index (χ3n) is 12.6. The lowest BCUT2D eigenvalue weighted by atomic mass is 10.0. The number of hydrogen-bond donors (Lipinski definition) is 2. The number of nitrogens with zero attached hydrogens (tertiary/aromatic N) is 6. The van der Waals surface area contributed by atoms with E-state index in [2.05, 4.69) is 315 Å². The van der Waals surface area contributed by atoms with Crippen molar-refractivity contribution in [1.29, 1.82) is 0 Å². The zero-order chi connectivity index (χ0) is 50.5. The molecule has 0 atom stereocenters. The van der Waals surface area contributed by atoms with E-state index in [4.69, 9.17) is 9.97 Å². The van der Waals surface area contributed by atoms with Crippen molar-refractivity contribution in [3.63, 3.8) is 0 Å². The number of fused-ring (bicyclic) bond motifs is 8. The maximum atomic E-state index is 5.71. The van der Waals surface area contributed by atoms with Crippen LogP contribution in [0.25, 0.3) is 84.5 Å². The molecular formula is C54H48Br8N8+2. The molecule has 4 aromatic carbocycles. The first-order valence-corrected chi connectivity index (χ1v) is 28.4. The fraction of sp³-hybridized carbons (Fsp3) is 0.185. The summed E-state index contributed by atoms with van der Waals surface area (Å²) in [7, 11) is 21.3. The molecule has 0 amide bonds. The number of halogens is 8. The van der Waals surface area contributed by atoms with Gasteiger partial charge >= 0.3 is 0 Å². The third-order valence-corrected chi connectivity index (χ3v) is 21.0. The average molecular weight is 1450 g/mol. The van der Waals surface area contributed by atoms with Crippen LogP contribution in [0.1, 0.15) is 22.8 Å². The molecule has 8 bridgehead atoms. The van der Waals surface area contributed by atoms with Crippen LogP contribution in [0.15, 0.2) is 115 Å². The Labute approximate surface area is 476 Å². The molecule has 70 heavy (non-hydrogen) atoms. The van der Waals surface area contributed by atoms with Crippen molar-refractivity contribution >= 4 is 190 Å². The monoisotopic (exact) mass is 1440 g/mol. The summed E-state index contributed by atoms with van der Waals surface area (Å²) in [6.07, 6.45) is 0. The summed E-state index contributed by atoms with van der Waals surface area (Å²) < 4.78 is 7.91. The predicted octanol–water partition coefficient (Wildman–Crippen LogP) is 17.8. The SMILES string of the molecule is CN(C)c1ccc(-c2c3nc(c(-c4ccc(N(C)C)cc4)c4[nH]c(c(Br)c4Br)c(-c4ccc([N+](C)(C)C)cc4)c4nc(c(-c5ccc([N+](C)(C)C)cc5)c5[nH]c2c(Br)c5Br)C(Br)=C4Br)C(Br)=C3Br)cc1. The topological polar surface area (TPSA) is 63.8 Å². The van der Waals surface area contributed by atoms with Crippen LogP contribution < -0.4 is 18.8 Å². The van der Waals surface area contributed by atoms with E-state index < -0.39 is 0 Å². The van der Waals surface area contributed by atoms with Crippen LogP contribution in [0.4, 0.5) is 22.7 Å². The average Bonchev–Trinajstić information content (AvgIpc) is 3.98. The molecule has 2 aliphatic heterocycles. The summed E-state index contributed by atoms with van der Waals surface area (Å²) in [5.74, 6) is 0. The van der Waals surface area contributed by atoms with Crippen molar-refractivity contribution in [1.82, 2.24) is 28.9 Å². The van der Waals surface area contributed by atoms with E-state index in [-0.39, 0.29) is 0 Å². The molecular weight excluding hydrogens is 1400 g/mol. The van der Waals surface area contributed by atoms with Crippen LogP contribution in [-0.2, 0) is 0 Å². The maximum absolute atomic E-state index is 5.71. The van der Waals surface area contributed by atoms with Gasteiger partial charge in [0.2, 0.25) is 0 Å². The van der Waals surface area contributed by atoms with Crippen molar-refractivity contribution in [2.75, 3.05) is 80.3 Å².